The number of nitrogens with one attached hydrogen (secondary N) is 1. The molecule has 2 heterocycles. The first kappa shape index (κ1) is 18.5. The Labute approximate surface area is 148 Å². The SMILES string of the molecule is COc1ccc(Cc2noc(CCC3CCCN3)n2)cc1OC.Cl. The Morgan fingerprint density at radius 3 is 2.79 bits per heavy atom. The highest BCUT2D eigenvalue weighted by molar-refractivity contribution is 5.85. The Morgan fingerprint density at radius 1 is 1.25 bits per heavy atom. The fourth-order valence-corrected chi connectivity index (χ4v) is 2.94. The van der Waals surface area contributed by atoms with E-state index in [1.165, 1.54) is 12.8 Å². The third kappa shape index (κ3) is 4.61. The first-order chi connectivity index (χ1) is 11.3. The topological polar surface area (TPSA) is 69.4 Å². The maximum Gasteiger partial charge on any atom is 0.226 e. The van der Waals surface area contributed by atoms with Gasteiger partial charge in [-0.2, -0.15) is 4.98 Å². The van der Waals surface area contributed by atoms with Crippen molar-refractivity contribution in [2.75, 3.05) is 20.8 Å². The standard InChI is InChI=1S/C17H23N3O3.ClH/c1-21-14-7-5-12(10-15(14)22-2)11-16-19-17(23-20-16)8-6-13-4-3-9-18-13;/h5,7,10,13,18H,3-4,6,8-9,11H2,1-2H3;1H. The summed E-state index contributed by atoms with van der Waals surface area (Å²) in [6, 6.07) is 6.41. The summed E-state index contributed by atoms with van der Waals surface area (Å²) in [5.41, 5.74) is 1.06. The van der Waals surface area contributed by atoms with Crippen LogP contribution in [-0.2, 0) is 12.8 Å². The number of nitrogens with zero attached hydrogens (tertiary/aromatic N) is 2. The van der Waals surface area contributed by atoms with E-state index in [9.17, 15) is 0 Å². The first-order valence-electron chi connectivity index (χ1n) is 8.04. The van der Waals surface area contributed by atoms with Crippen LogP contribution in [-0.4, -0.2) is 36.9 Å². The predicted octanol–water partition coefficient (Wildman–Crippen LogP) is 2.78. The van der Waals surface area contributed by atoms with Crippen molar-refractivity contribution in [3.05, 3.63) is 35.5 Å². The Balaban J connectivity index is 0.00000208. The summed E-state index contributed by atoms with van der Waals surface area (Å²) in [6.07, 6.45) is 5.01. The maximum atomic E-state index is 5.35. The summed E-state index contributed by atoms with van der Waals surface area (Å²) >= 11 is 0. The third-order valence-corrected chi connectivity index (χ3v) is 4.19. The molecule has 1 aromatic heterocycles. The summed E-state index contributed by atoms with van der Waals surface area (Å²) in [6.45, 7) is 1.12. The summed E-state index contributed by atoms with van der Waals surface area (Å²) in [5.74, 6) is 2.84. The second-order valence-electron chi connectivity index (χ2n) is 5.80. The second-order valence-corrected chi connectivity index (χ2v) is 5.80. The molecule has 0 bridgehead atoms. The van der Waals surface area contributed by atoms with Gasteiger partial charge in [0.15, 0.2) is 17.3 Å². The Morgan fingerprint density at radius 2 is 2.08 bits per heavy atom. The lowest BCUT2D eigenvalue weighted by atomic mass is 10.1. The van der Waals surface area contributed by atoms with E-state index in [1.54, 1.807) is 14.2 Å². The second kappa shape index (κ2) is 8.89. The average Bonchev–Trinajstić information content (AvgIpc) is 3.24. The number of benzene rings is 1. The van der Waals surface area contributed by atoms with Crippen LogP contribution in [0.4, 0.5) is 0 Å². The van der Waals surface area contributed by atoms with E-state index >= 15 is 0 Å². The molecule has 1 atom stereocenters. The molecule has 1 aliphatic rings. The van der Waals surface area contributed by atoms with Crippen LogP contribution in [0, 0.1) is 0 Å². The van der Waals surface area contributed by atoms with E-state index < -0.39 is 0 Å². The highest BCUT2D eigenvalue weighted by atomic mass is 35.5. The predicted molar refractivity (Wildman–Crippen MR) is 93.2 cm³/mol. The lowest BCUT2D eigenvalue weighted by molar-refractivity contribution is 0.354. The molecule has 3 rings (SSSR count). The van der Waals surface area contributed by atoms with Crippen molar-refractivity contribution in [3.63, 3.8) is 0 Å². The number of aryl methyl sites for hydroxylation is 1. The van der Waals surface area contributed by atoms with Crippen molar-refractivity contribution in [2.45, 2.75) is 38.1 Å². The van der Waals surface area contributed by atoms with Crippen molar-refractivity contribution < 1.29 is 14.0 Å². The van der Waals surface area contributed by atoms with E-state index in [2.05, 4.69) is 15.5 Å². The summed E-state index contributed by atoms with van der Waals surface area (Å²) in [4.78, 5) is 4.49. The summed E-state index contributed by atoms with van der Waals surface area (Å²) in [7, 11) is 3.26. The highest BCUT2D eigenvalue weighted by Gasteiger charge is 2.16. The van der Waals surface area contributed by atoms with E-state index in [-0.39, 0.29) is 12.4 Å². The Bertz CT molecular complexity index is 642. The number of aromatic nitrogens is 2. The highest BCUT2D eigenvalue weighted by Crippen LogP contribution is 2.28. The van der Waals surface area contributed by atoms with Gasteiger partial charge < -0.3 is 19.3 Å². The molecular weight excluding hydrogens is 330 g/mol. The minimum atomic E-state index is 0. The molecule has 0 spiro atoms. The van der Waals surface area contributed by atoms with Crippen LogP contribution in [0.3, 0.4) is 0 Å². The van der Waals surface area contributed by atoms with Gasteiger partial charge in [0.2, 0.25) is 5.89 Å². The molecule has 1 aliphatic heterocycles. The van der Waals surface area contributed by atoms with E-state index in [4.69, 9.17) is 14.0 Å². The van der Waals surface area contributed by atoms with Crippen LogP contribution in [0.5, 0.6) is 11.5 Å². The lowest BCUT2D eigenvalue weighted by Crippen LogP contribution is -2.21. The zero-order chi connectivity index (χ0) is 16.1. The van der Waals surface area contributed by atoms with Gasteiger partial charge in [0.25, 0.3) is 0 Å². The Hall–Kier alpha value is -1.79. The van der Waals surface area contributed by atoms with Crippen molar-refractivity contribution in [1.82, 2.24) is 15.5 Å². The molecule has 6 nitrogen and oxygen atoms in total. The minimum Gasteiger partial charge on any atom is -0.493 e. The third-order valence-electron chi connectivity index (χ3n) is 4.19. The molecule has 1 fully saturated rings. The van der Waals surface area contributed by atoms with E-state index in [1.807, 2.05) is 18.2 Å². The van der Waals surface area contributed by atoms with Gasteiger partial charge in [0.1, 0.15) is 0 Å². The van der Waals surface area contributed by atoms with Crippen molar-refractivity contribution in [1.29, 1.82) is 0 Å². The zero-order valence-electron chi connectivity index (χ0n) is 14.1. The van der Waals surface area contributed by atoms with Crippen LogP contribution in [0.1, 0.15) is 36.5 Å². The molecule has 0 saturated carbocycles. The normalized spacial score (nSPS) is 16.7. The molecule has 1 N–H and O–H groups in total. The smallest absolute Gasteiger partial charge is 0.226 e. The number of ether oxygens (including phenoxy) is 2. The molecule has 7 heteroatoms. The van der Waals surface area contributed by atoms with Gasteiger partial charge in [-0.3, -0.25) is 0 Å². The minimum absolute atomic E-state index is 0. The quantitative estimate of drug-likeness (QED) is 0.825. The van der Waals surface area contributed by atoms with E-state index in [0.717, 1.165) is 24.9 Å². The first-order valence-corrected chi connectivity index (χ1v) is 8.04. The monoisotopic (exact) mass is 353 g/mol. The fourth-order valence-electron chi connectivity index (χ4n) is 2.94. The molecule has 0 aliphatic carbocycles. The number of rotatable bonds is 7. The van der Waals surface area contributed by atoms with Gasteiger partial charge in [-0.05, 0) is 43.5 Å². The molecule has 2 aromatic rings. The maximum absolute atomic E-state index is 5.35. The fraction of sp³-hybridized carbons (Fsp3) is 0.529. The molecule has 132 valence electrons. The van der Waals surface area contributed by atoms with Crippen molar-refractivity contribution in [2.24, 2.45) is 0 Å². The zero-order valence-corrected chi connectivity index (χ0v) is 14.9. The Kier molecular flexibility index (Phi) is 6.87. The molecule has 0 amide bonds. The van der Waals surface area contributed by atoms with Crippen LogP contribution < -0.4 is 14.8 Å². The number of methoxy groups -OCH3 is 2. The molecule has 1 aromatic carbocycles. The van der Waals surface area contributed by atoms with Gasteiger partial charge in [-0.1, -0.05) is 11.2 Å². The van der Waals surface area contributed by atoms with Gasteiger partial charge >= 0.3 is 0 Å². The molecule has 1 saturated heterocycles. The lowest BCUT2D eigenvalue weighted by Gasteiger charge is -2.08. The van der Waals surface area contributed by atoms with Crippen LogP contribution in [0.15, 0.2) is 22.7 Å². The summed E-state index contributed by atoms with van der Waals surface area (Å²) < 4.78 is 15.9. The average molecular weight is 354 g/mol. The molecular formula is C17H24ClN3O3. The molecule has 0 radical (unpaired) electrons. The van der Waals surface area contributed by atoms with Gasteiger partial charge in [-0.25, -0.2) is 0 Å². The van der Waals surface area contributed by atoms with Crippen LogP contribution in [0.2, 0.25) is 0 Å². The van der Waals surface area contributed by atoms with Crippen molar-refractivity contribution >= 4 is 12.4 Å². The van der Waals surface area contributed by atoms with Crippen LogP contribution in [0.25, 0.3) is 0 Å². The van der Waals surface area contributed by atoms with Crippen molar-refractivity contribution in [3.8, 4) is 11.5 Å². The largest absolute Gasteiger partial charge is 0.493 e. The number of halogens is 1. The van der Waals surface area contributed by atoms with Gasteiger partial charge in [-0.15, -0.1) is 12.4 Å². The van der Waals surface area contributed by atoms with Gasteiger partial charge in [0.05, 0.1) is 14.2 Å². The van der Waals surface area contributed by atoms with Crippen LogP contribution >= 0.6 is 12.4 Å². The van der Waals surface area contributed by atoms with Gasteiger partial charge in [0, 0.05) is 18.9 Å². The number of hydrogen-bond acceptors (Lipinski definition) is 6. The number of hydrogen-bond donors (Lipinski definition) is 1. The molecule has 24 heavy (non-hydrogen) atoms. The van der Waals surface area contributed by atoms with E-state index in [0.29, 0.717) is 35.7 Å². The summed E-state index contributed by atoms with van der Waals surface area (Å²) in [5, 5.41) is 7.56. The molecule has 1 unspecified atom stereocenters.